The second kappa shape index (κ2) is 6.41. The van der Waals surface area contributed by atoms with Gasteiger partial charge in [0.05, 0.1) is 11.7 Å². The zero-order valence-corrected chi connectivity index (χ0v) is 13.6. The first kappa shape index (κ1) is 14.8. The lowest BCUT2D eigenvalue weighted by Crippen LogP contribution is -2.43. The molecule has 0 spiro atoms. The molecule has 1 unspecified atom stereocenters. The second-order valence-electron chi connectivity index (χ2n) is 6.16. The molecule has 3 heterocycles. The highest BCUT2D eigenvalue weighted by atomic mass is 32.1. The smallest absolute Gasteiger partial charge is 0.254 e. The van der Waals surface area contributed by atoms with E-state index >= 15 is 0 Å². The van der Waals surface area contributed by atoms with Crippen molar-refractivity contribution >= 4 is 17.2 Å². The summed E-state index contributed by atoms with van der Waals surface area (Å²) in [4.78, 5) is 18.6. The maximum absolute atomic E-state index is 12.4. The SMILES string of the molecule is O=C(c1ccsc1)N1CCCC(OCc2noc(C3CC3)n2)C1. The highest BCUT2D eigenvalue weighted by molar-refractivity contribution is 7.08. The van der Waals surface area contributed by atoms with Crippen molar-refractivity contribution in [2.45, 2.75) is 44.3 Å². The zero-order chi connectivity index (χ0) is 15.6. The summed E-state index contributed by atoms with van der Waals surface area (Å²) < 4.78 is 11.1. The van der Waals surface area contributed by atoms with Crippen molar-refractivity contribution in [2.75, 3.05) is 13.1 Å². The summed E-state index contributed by atoms with van der Waals surface area (Å²) >= 11 is 1.54. The van der Waals surface area contributed by atoms with E-state index in [-0.39, 0.29) is 12.0 Å². The molecule has 1 amide bonds. The molecule has 23 heavy (non-hydrogen) atoms. The number of nitrogens with zero attached hydrogens (tertiary/aromatic N) is 3. The largest absolute Gasteiger partial charge is 0.368 e. The molecule has 122 valence electrons. The number of ether oxygens (including phenoxy) is 1. The topological polar surface area (TPSA) is 68.5 Å². The molecule has 1 saturated carbocycles. The lowest BCUT2D eigenvalue weighted by atomic mass is 10.1. The van der Waals surface area contributed by atoms with Gasteiger partial charge >= 0.3 is 0 Å². The van der Waals surface area contributed by atoms with E-state index in [1.807, 2.05) is 21.7 Å². The number of thiophene rings is 1. The number of aromatic nitrogens is 2. The van der Waals surface area contributed by atoms with E-state index < -0.39 is 0 Å². The molecular formula is C16H19N3O3S. The summed E-state index contributed by atoms with van der Waals surface area (Å²) in [6.07, 6.45) is 4.24. The summed E-state index contributed by atoms with van der Waals surface area (Å²) in [7, 11) is 0. The van der Waals surface area contributed by atoms with Gasteiger partial charge in [-0.25, -0.2) is 0 Å². The molecule has 4 rings (SSSR count). The van der Waals surface area contributed by atoms with Crippen LogP contribution in [-0.4, -0.2) is 40.1 Å². The Bertz CT molecular complexity index is 666. The summed E-state index contributed by atoms with van der Waals surface area (Å²) in [5.74, 6) is 1.90. The molecule has 0 radical (unpaired) electrons. The quantitative estimate of drug-likeness (QED) is 0.841. The average molecular weight is 333 g/mol. The number of amides is 1. The summed E-state index contributed by atoms with van der Waals surface area (Å²) in [6, 6.07) is 1.87. The third kappa shape index (κ3) is 3.45. The molecule has 2 aromatic heterocycles. The van der Waals surface area contributed by atoms with Gasteiger partial charge in [0.1, 0.15) is 6.61 Å². The predicted molar refractivity (Wildman–Crippen MR) is 84.3 cm³/mol. The van der Waals surface area contributed by atoms with Crippen LogP contribution in [-0.2, 0) is 11.3 Å². The molecule has 0 bridgehead atoms. The number of carbonyl (C=O) groups excluding carboxylic acids is 1. The molecular weight excluding hydrogens is 314 g/mol. The lowest BCUT2D eigenvalue weighted by Gasteiger charge is -2.32. The first-order valence-corrected chi connectivity index (χ1v) is 8.99. The minimum Gasteiger partial charge on any atom is -0.368 e. The van der Waals surface area contributed by atoms with Crippen molar-refractivity contribution in [2.24, 2.45) is 0 Å². The van der Waals surface area contributed by atoms with Gasteiger partial charge in [0.25, 0.3) is 5.91 Å². The molecule has 7 heteroatoms. The van der Waals surface area contributed by atoms with Crippen molar-refractivity contribution in [3.05, 3.63) is 34.1 Å². The molecule has 1 aliphatic carbocycles. The van der Waals surface area contributed by atoms with Crippen LogP contribution < -0.4 is 0 Å². The monoisotopic (exact) mass is 333 g/mol. The van der Waals surface area contributed by atoms with Gasteiger partial charge < -0.3 is 14.2 Å². The number of likely N-dealkylation sites (tertiary alicyclic amines) is 1. The van der Waals surface area contributed by atoms with Gasteiger partial charge in [-0.05, 0) is 37.1 Å². The Hall–Kier alpha value is -1.73. The molecule has 2 aliphatic rings. The Morgan fingerprint density at radius 3 is 3.13 bits per heavy atom. The van der Waals surface area contributed by atoms with Crippen molar-refractivity contribution in [1.29, 1.82) is 0 Å². The fourth-order valence-electron chi connectivity index (χ4n) is 2.84. The van der Waals surface area contributed by atoms with Crippen LogP contribution in [0.25, 0.3) is 0 Å². The average Bonchev–Trinajstić information content (AvgIpc) is 3.11. The minimum absolute atomic E-state index is 0.0363. The highest BCUT2D eigenvalue weighted by Gasteiger charge is 2.30. The second-order valence-corrected chi connectivity index (χ2v) is 6.94. The van der Waals surface area contributed by atoms with E-state index in [0.29, 0.717) is 24.9 Å². The first-order valence-electron chi connectivity index (χ1n) is 8.05. The molecule has 6 nitrogen and oxygen atoms in total. The third-order valence-corrected chi connectivity index (χ3v) is 4.98. The first-order chi connectivity index (χ1) is 11.3. The number of hydrogen-bond donors (Lipinski definition) is 0. The fraction of sp³-hybridized carbons (Fsp3) is 0.562. The Labute approximate surface area is 138 Å². The van der Waals surface area contributed by atoms with Crippen LogP contribution in [0.5, 0.6) is 0 Å². The van der Waals surface area contributed by atoms with E-state index in [0.717, 1.165) is 43.7 Å². The summed E-state index contributed by atoms with van der Waals surface area (Å²) in [6.45, 7) is 1.77. The standard InChI is InChI=1S/C16H19N3O3S/c20-16(12-5-7-23-10-12)19-6-1-2-13(8-19)21-9-14-17-15(22-18-14)11-3-4-11/h5,7,10-11,13H,1-4,6,8-9H2. The van der Waals surface area contributed by atoms with Gasteiger partial charge in [0.15, 0.2) is 5.82 Å². The Kier molecular flexibility index (Phi) is 4.13. The van der Waals surface area contributed by atoms with Gasteiger partial charge in [-0.1, -0.05) is 5.16 Å². The highest BCUT2D eigenvalue weighted by Crippen LogP contribution is 2.38. The minimum atomic E-state index is 0.0363. The molecule has 1 atom stereocenters. The number of rotatable bonds is 5. The van der Waals surface area contributed by atoms with Crippen molar-refractivity contribution in [3.63, 3.8) is 0 Å². The third-order valence-electron chi connectivity index (χ3n) is 4.29. The van der Waals surface area contributed by atoms with Crippen LogP contribution in [0.3, 0.4) is 0 Å². The maximum atomic E-state index is 12.4. The van der Waals surface area contributed by atoms with Crippen LogP contribution in [0, 0.1) is 0 Å². The van der Waals surface area contributed by atoms with Crippen LogP contribution in [0.2, 0.25) is 0 Å². The van der Waals surface area contributed by atoms with Gasteiger partial charge in [0, 0.05) is 24.4 Å². The zero-order valence-electron chi connectivity index (χ0n) is 12.8. The molecule has 1 aliphatic heterocycles. The van der Waals surface area contributed by atoms with E-state index in [1.54, 1.807) is 11.3 Å². The predicted octanol–water partition coefficient (Wildman–Crippen LogP) is 2.83. The molecule has 0 N–H and O–H groups in total. The summed E-state index contributed by atoms with van der Waals surface area (Å²) in [5.41, 5.74) is 0.767. The van der Waals surface area contributed by atoms with Gasteiger partial charge in [0.2, 0.25) is 5.89 Å². The van der Waals surface area contributed by atoms with Crippen molar-refractivity contribution in [3.8, 4) is 0 Å². The number of carbonyl (C=O) groups is 1. The van der Waals surface area contributed by atoms with E-state index in [1.165, 1.54) is 0 Å². The molecule has 2 fully saturated rings. The Morgan fingerprint density at radius 1 is 1.43 bits per heavy atom. The number of piperidine rings is 1. The van der Waals surface area contributed by atoms with Crippen molar-refractivity contribution < 1.29 is 14.1 Å². The lowest BCUT2D eigenvalue weighted by molar-refractivity contribution is -0.00959. The maximum Gasteiger partial charge on any atom is 0.254 e. The van der Waals surface area contributed by atoms with Gasteiger partial charge in [-0.15, -0.1) is 0 Å². The van der Waals surface area contributed by atoms with Crippen molar-refractivity contribution in [1.82, 2.24) is 15.0 Å². The van der Waals surface area contributed by atoms with Gasteiger partial charge in [-0.2, -0.15) is 16.3 Å². The van der Waals surface area contributed by atoms with E-state index in [4.69, 9.17) is 9.26 Å². The van der Waals surface area contributed by atoms with E-state index in [2.05, 4.69) is 10.1 Å². The molecule has 0 aromatic carbocycles. The van der Waals surface area contributed by atoms with Crippen LogP contribution in [0.15, 0.2) is 21.3 Å². The molecule has 2 aromatic rings. The number of hydrogen-bond acceptors (Lipinski definition) is 6. The fourth-order valence-corrected chi connectivity index (χ4v) is 3.47. The van der Waals surface area contributed by atoms with Crippen LogP contribution in [0.4, 0.5) is 0 Å². The molecule has 1 saturated heterocycles. The van der Waals surface area contributed by atoms with Crippen LogP contribution in [0.1, 0.15) is 53.7 Å². The van der Waals surface area contributed by atoms with Gasteiger partial charge in [-0.3, -0.25) is 4.79 Å². The Balaban J connectivity index is 1.31. The van der Waals surface area contributed by atoms with Crippen LogP contribution >= 0.6 is 11.3 Å². The summed E-state index contributed by atoms with van der Waals surface area (Å²) in [5, 5.41) is 7.79. The Morgan fingerprint density at radius 2 is 2.35 bits per heavy atom. The van der Waals surface area contributed by atoms with E-state index in [9.17, 15) is 4.79 Å². The normalized spacial score (nSPS) is 21.6.